The van der Waals surface area contributed by atoms with E-state index in [0.717, 1.165) is 11.3 Å². The summed E-state index contributed by atoms with van der Waals surface area (Å²) in [6, 6.07) is 3.76. The Kier molecular flexibility index (Phi) is 4.90. The normalized spacial score (nSPS) is 27.4. The molecule has 1 aliphatic rings. The van der Waals surface area contributed by atoms with Gasteiger partial charge in [0.15, 0.2) is 0 Å². The third-order valence-corrected chi connectivity index (χ3v) is 3.90. The standard InChI is InChI=1S/C13H14INO2S/c1-10-8-13(16,5-6-17-10)11-2-3-12(15-9-11)4-7-18-14/h2-3,9-10,16H,5-6,8H2,1H3. The fourth-order valence-electron chi connectivity index (χ4n) is 2.14. The Morgan fingerprint density at radius 2 is 2.44 bits per heavy atom. The Balaban J connectivity index is 2.18. The number of hydrogen-bond donors (Lipinski definition) is 1. The number of pyridine rings is 1. The Morgan fingerprint density at radius 1 is 1.61 bits per heavy atom. The molecule has 0 aliphatic carbocycles. The molecule has 1 aromatic rings. The predicted molar refractivity (Wildman–Crippen MR) is 81.3 cm³/mol. The van der Waals surface area contributed by atoms with Crippen molar-refractivity contribution in [1.82, 2.24) is 4.98 Å². The molecule has 1 saturated heterocycles. The largest absolute Gasteiger partial charge is 0.385 e. The third kappa shape index (κ3) is 3.38. The van der Waals surface area contributed by atoms with Gasteiger partial charge in [0.25, 0.3) is 0 Å². The fraction of sp³-hybridized carbons (Fsp3) is 0.462. The zero-order valence-electron chi connectivity index (χ0n) is 10.0. The van der Waals surface area contributed by atoms with Crippen LogP contribution in [-0.2, 0) is 10.3 Å². The smallest absolute Gasteiger partial charge is 0.114 e. The number of nitrogens with zero attached hydrogens (tertiary/aromatic N) is 1. The highest BCUT2D eigenvalue weighted by Crippen LogP contribution is 2.34. The van der Waals surface area contributed by atoms with E-state index in [-0.39, 0.29) is 6.10 Å². The van der Waals surface area contributed by atoms with Gasteiger partial charge in [0.05, 0.1) is 18.3 Å². The number of aliphatic hydroxyl groups is 1. The summed E-state index contributed by atoms with van der Waals surface area (Å²) in [5.74, 6) is 2.93. The maximum absolute atomic E-state index is 10.6. The van der Waals surface area contributed by atoms with Crippen LogP contribution in [0, 0.1) is 11.2 Å². The van der Waals surface area contributed by atoms with E-state index >= 15 is 0 Å². The minimum Gasteiger partial charge on any atom is -0.385 e. The molecule has 18 heavy (non-hydrogen) atoms. The van der Waals surface area contributed by atoms with E-state index in [1.807, 2.05) is 19.1 Å². The third-order valence-electron chi connectivity index (χ3n) is 3.06. The number of ether oxygens (including phenoxy) is 1. The highest BCUT2D eigenvalue weighted by atomic mass is 127. The zero-order chi connectivity index (χ0) is 13.0. The van der Waals surface area contributed by atoms with Crippen LogP contribution >= 0.6 is 30.1 Å². The molecule has 0 aromatic carbocycles. The second-order valence-electron chi connectivity index (χ2n) is 4.40. The van der Waals surface area contributed by atoms with Crippen LogP contribution in [0.15, 0.2) is 18.3 Å². The van der Waals surface area contributed by atoms with Crippen molar-refractivity contribution >= 4 is 30.1 Å². The maximum atomic E-state index is 10.6. The molecular weight excluding hydrogens is 361 g/mol. The first kappa shape index (κ1) is 14.1. The second kappa shape index (κ2) is 6.24. The predicted octanol–water partition coefficient (Wildman–Crippen LogP) is 2.86. The average Bonchev–Trinajstić information content (AvgIpc) is 2.36. The highest BCUT2D eigenvalue weighted by Gasteiger charge is 2.35. The van der Waals surface area contributed by atoms with E-state index in [1.54, 1.807) is 6.20 Å². The molecule has 2 heterocycles. The molecule has 0 spiro atoms. The molecule has 0 amide bonds. The Hall–Kier alpha value is -0.290. The minimum atomic E-state index is -0.811. The molecule has 5 heteroatoms. The van der Waals surface area contributed by atoms with Gasteiger partial charge in [-0.05, 0) is 33.1 Å². The average molecular weight is 375 g/mol. The van der Waals surface area contributed by atoms with E-state index in [0.29, 0.717) is 19.4 Å². The van der Waals surface area contributed by atoms with Gasteiger partial charge in [-0.3, -0.25) is 0 Å². The molecule has 1 aliphatic heterocycles. The monoisotopic (exact) mass is 375 g/mol. The lowest BCUT2D eigenvalue weighted by Crippen LogP contribution is -2.37. The summed E-state index contributed by atoms with van der Waals surface area (Å²) < 4.78 is 5.47. The lowest BCUT2D eigenvalue weighted by atomic mass is 9.85. The maximum Gasteiger partial charge on any atom is 0.114 e. The molecular formula is C13H14INO2S. The number of halogens is 1. The van der Waals surface area contributed by atoms with Crippen LogP contribution in [0.2, 0.25) is 0 Å². The number of hydrogen-bond acceptors (Lipinski definition) is 4. The summed E-state index contributed by atoms with van der Waals surface area (Å²) >= 11 is 2.12. The molecule has 2 rings (SSSR count). The Bertz CT molecular complexity index is 468. The second-order valence-corrected chi connectivity index (χ2v) is 6.08. The van der Waals surface area contributed by atoms with Crippen LogP contribution in [0.4, 0.5) is 0 Å². The van der Waals surface area contributed by atoms with Crippen molar-refractivity contribution in [3.8, 4) is 11.2 Å². The van der Waals surface area contributed by atoms with Crippen molar-refractivity contribution < 1.29 is 9.84 Å². The first-order valence-electron chi connectivity index (χ1n) is 5.73. The van der Waals surface area contributed by atoms with E-state index in [9.17, 15) is 5.11 Å². The quantitative estimate of drug-likeness (QED) is 0.606. The van der Waals surface area contributed by atoms with Crippen LogP contribution in [0.1, 0.15) is 31.0 Å². The first-order valence-corrected chi connectivity index (χ1v) is 9.09. The van der Waals surface area contributed by atoms with E-state index in [2.05, 4.69) is 37.4 Å². The number of aromatic nitrogens is 1. The van der Waals surface area contributed by atoms with Gasteiger partial charge in [-0.2, -0.15) is 0 Å². The summed E-state index contributed by atoms with van der Waals surface area (Å²) in [5.41, 5.74) is 0.770. The Morgan fingerprint density at radius 3 is 3.06 bits per heavy atom. The van der Waals surface area contributed by atoms with Gasteiger partial charge in [-0.15, -0.1) is 0 Å². The van der Waals surface area contributed by atoms with Crippen LogP contribution < -0.4 is 0 Å². The number of rotatable bonds is 1. The van der Waals surface area contributed by atoms with Crippen molar-refractivity contribution in [2.24, 2.45) is 0 Å². The van der Waals surface area contributed by atoms with Gasteiger partial charge in [0.1, 0.15) is 5.69 Å². The summed E-state index contributed by atoms with van der Waals surface area (Å²) in [6.07, 6.45) is 3.04. The van der Waals surface area contributed by atoms with E-state index < -0.39 is 5.60 Å². The molecule has 0 saturated carbocycles. The van der Waals surface area contributed by atoms with Gasteiger partial charge < -0.3 is 9.84 Å². The lowest BCUT2D eigenvalue weighted by Gasteiger charge is -2.35. The molecule has 1 fully saturated rings. The molecule has 3 nitrogen and oxygen atoms in total. The van der Waals surface area contributed by atoms with Gasteiger partial charge in [-0.25, -0.2) is 4.98 Å². The first-order chi connectivity index (χ1) is 8.64. The van der Waals surface area contributed by atoms with E-state index in [4.69, 9.17) is 4.74 Å². The molecule has 0 bridgehead atoms. The van der Waals surface area contributed by atoms with Gasteiger partial charge in [-0.1, -0.05) is 6.07 Å². The van der Waals surface area contributed by atoms with Crippen molar-refractivity contribution in [3.63, 3.8) is 0 Å². The SMILES string of the molecule is CC1CC(O)(c2ccc(C#CSI)nc2)CCO1. The molecule has 2 unspecified atom stereocenters. The molecule has 1 N–H and O–H groups in total. The molecule has 96 valence electrons. The van der Waals surface area contributed by atoms with Crippen molar-refractivity contribution in [2.75, 3.05) is 6.61 Å². The van der Waals surface area contributed by atoms with Gasteiger partial charge in [0.2, 0.25) is 0 Å². The highest BCUT2D eigenvalue weighted by molar-refractivity contribution is 14.2. The van der Waals surface area contributed by atoms with Gasteiger partial charge in [0, 0.05) is 45.8 Å². The fourth-order valence-corrected chi connectivity index (χ4v) is 2.62. The lowest BCUT2D eigenvalue weighted by molar-refractivity contribution is -0.101. The summed E-state index contributed by atoms with van der Waals surface area (Å²) in [7, 11) is 1.43. The topological polar surface area (TPSA) is 42.4 Å². The zero-order valence-corrected chi connectivity index (χ0v) is 13.0. The molecule has 0 radical (unpaired) electrons. The van der Waals surface area contributed by atoms with Crippen LogP contribution in [0.5, 0.6) is 0 Å². The summed E-state index contributed by atoms with van der Waals surface area (Å²) in [5, 5.41) is 13.5. The summed E-state index contributed by atoms with van der Waals surface area (Å²) in [4.78, 5) is 4.27. The Labute approximate surface area is 123 Å². The van der Waals surface area contributed by atoms with Crippen LogP contribution in [-0.4, -0.2) is 22.8 Å². The molecule has 1 aromatic heterocycles. The minimum absolute atomic E-state index is 0.0821. The van der Waals surface area contributed by atoms with Crippen LogP contribution in [0.3, 0.4) is 0 Å². The van der Waals surface area contributed by atoms with Crippen molar-refractivity contribution in [1.29, 1.82) is 0 Å². The van der Waals surface area contributed by atoms with E-state index in [1.165, 1.54) is 8.93 Å². The molecule has 2 atom stereocenters. The summed E-state index contributed by atoms with van der Waals surface area (Å²) in [6.45, 7) is 2.57. The van der Waals surface area contributed by atoms with Crippen molar-refractivity contribution in [3.05, 3.63) is 29.6 Å². The van der Waals surface area contributed by atoms with Gasteiger partial charge >= 0.3 is 0 Å². The van der Waals surface area contributed by atoms with Crippen molar-refractivity contribution in [2.45, 2.75) is 31.5 Å². The van der Waals surface area contributed by atoms with Crippen LogP contribution in [0.25, 0.3) is 0 Å².